The van der Waals surface area contributed by atoms with Gasteiger partial charge in [0.2, 0.25) is 0 Å². The van der Waals surface area contributed by atoms with Crippen molar-refractivity contribution in [1.29, 1.82) is 0 Å². The number of para-hydroxylation sites is 2. The fourth-order valence-electron chi connectivity index (χ4n) is 5.78. The molecule has 0 saturated carbocycles. The molecule has 0 aliphatic carbocycles. The molecule has 0 atom stereocenters. The molecule has 2 aromatic heterocycles. The number of benzene rings is 4. The van der Waals surface area contributed by atoms with E-state index in [4.69, 9.17) is 10.2 Å². The van der Waals surface area contributed by atoms with Gasteiger partial charge in [-0.25, -0.2) is 0 Å². The SMILES string of the molecule is C=C1/C=C\C=C/N(C(/C=C\N)=C/C)c2ccc3c(oc4ccc(-n5c6ccccc6c6ccccc65)cc43)c21. The Kier molecular flexibility index (Phi) is 5.27. The molecule has 6 aromatic rings. The quantitative estimate of drug-likeness (QED) is 0.244. The van der Waals surface area contributed by atoms with Gasteiger partial charge in [-0.05, 0) is 73.3 Å². The molecule has 7 rings (SSSR count). The van der Waals surface area contributed by atoms with Gasteiger partial charge >= 0.3 is 0 Å². The molecule has 0 amide bonds. The van der Waals surface area contributed by atoms with E-state index >= 15 is 0 Å². The van der Waals surface area contributed by atoms with Crippen molar-refractivity contribution in [2.24, 2.45) is 5.73 Å². The fraction of sp³-hybridized carbons (Fsp3) is 0.0286. The normalized spacial score (nSPS) is 15.9. The number of fused-ring (bicyclic) bond motifs is 8. The number of hydrogen-bond donors (Lipinski definition) is 1. The maximum absolute atomic E-state index is 6.57. The molecule has 2 N–H and O–H groups in total. The minimum Gasteiger partial charge on any atom is -0.455 e. The molecule has 0 saturated heterocycles. The highest BCUT2D eigenvalue weighted by Crippen LogP contribution is 2.42. The molecule has 0 spiro atoms. The predicted molar refractivity (Wildman–Crippen MR) is 165 cm³/mol. The van der Waals surface area contributed by atoms with Crippen LogP contribution in [0.5, 0.6) is 0 Å². The van der Waals surface area contributed by atoms with E-state index in [9.17, 15) is 0 Å². The summed E-state index contributed by atoms with van der Waals surface area (Å²) in [6, 6.07) is 27.9. The first kappa shape index (κ1) is 22.9. The second-order valence-electron chi connectivity index (χ2n) is 9.66. The number of allylic oxidation sites excluding steroid dienone is 6. The average Bonchev–Trinajstić information content (AvgIpc) is 3.50. The molecule has 4 heteroatoms. The number of aromatic nitrogens is 1. The van der Waals surface area contributed by atoms with Crippen molar-refractivity contribution in [3.05, 3.63) is 139 Å². The number of rotatable bonds is 3. The minimum atomic E-state index is 0.823. The Balaban J connectivity index is 1.49. The van der Waals surface area contributed by atoms with Crippen LogP contribution in [0.15, 0.2) is 138 Å². The standard InChI is InChI=1S/C35H27N3O/c1-3-24(19-20-36)37-21-9-8-10-23(2)34-32(37)17-16-28-29-22-25(15-18-33(29)39-35(28)34)38-30-13-6-4-11-26(30)27-12-5-7-14-31(27)38/h3-22H,2,36H2,1H3/b10-8-,20-19-,21-9-,24-3+. The smallest absolute Gasteiger partial charge is 0.145 e. The van der Waals surface area contributed by atoms with Gasteiger partial charge in [0.15, 0.2) is 0 Å². The Morgan fingerprint density at radius 2 is 1.59 bits per heavy atom. The van der Waals surface area contributed by atoms with Gasteiger partial charge in [-0.3, -0.25) is 0 Å². The number of furan rings is 1. The summed E-state index contributed by atoms with van der Waals surface area (Å²) in [6.45, 7) is 6.40. The molecule has 39 heavy (non-hydrogen) atoms. The van der Waals surface area contributed by atoms with Crippen molar-refractivity contribution in [3.63, 3.8) is 0 Å². The van der Waals surface area contributed by atoms with Crippen molar-refractivity contribution in [3.8, 4) is 5.69 Å². The third kappa shape index (κ3) is 3.46. The number of nitrogens with two attached hydrogens (primary N) is 1. The van der Waals surface area contributed by atoms with Gasteiger partial charge in [0.05, 0.1) is 16.7 Å². The van der Waals surface area contributed by atoms with Crippen molar-refractivity contribution >= 4 is 55.0 Å². The van der Waals surface area contributed by atoms with E-state index in [0.29, 0.717) is 0 Å². The second-order valence-corrected chi connectivity index (χ2v) is 9.66. The van der Waals surface area contributed by atoms with E-state index in [1.165, 1.54) is 21.8 Å². The van der Waals surface area contributed by atoms with E-state index in [2.05, 4.69) is 94.9 Å². The van der Waals surface area contributed by atoms with Gasteiger partial charge < -0.3 is 19.6 Å². The van der Waals surface area contributed by atoms with Gasteiger partial charge in [0.1, 0.15) is 11.2 Å². The summed E-state index contributed by atoms with van der Waals surface area (Å²) in [7, 11) is 0. The van der Waals surface area contributed by atoms with Crippen LogP contribution >= 0.6 is 0 Å². The topological polar surface area (TPSA) is 47.3 Å². The lowest BCUT2D eigenvalue weighted by molar-refractivity contribution is 0.667. The Morgan fingerprint density at radius 3 is 2.31 bits per heavy atom. The van der Waals surface area contributed by atoms with Crippen LogP contribution < -0.4 is 10.6 Å². The van der Waals surface area contributed by atoms with Crippen LogP contribution in [0.2, 0.25) is 0 Å². The summed E-state index contributed by atoms with van der Waals surface area (Å²) in [5.74, 6) is 0. The minimum absolute atomic E-state index is 0.823. The van der Waals surface area contributed by atoms with E-state index < -0.39 is 0 Å². The summed E-state index contributed by atoms with van der Waals surface area (Å²) in [5.41, 5.74) is 14.7. The lowest BCUT2D eigenvalue weighted by Crippen LogP contribution is -2.16. The Bertz CT molecular complexity index is 2010. The molecule has 0 radical (unpaired) electrons. The predicted octanol–water partition coefficient (Wildman–Crippen LogP) is 8.96. The molecular formula is C35H27N3O. The van der Waals surface area contributed by atoms with Crippen LogP contribution in [0.4, 0.5) is 5.69 Å². The zero-order valence-corrected chi connectivity index (χ0v) is 21.6. The van der Waals surface area contributed by atoms with Gasteiger partial charge in [-0.1, -0.05) is 61.2 Å². The molecule has 1 aliphatic rings. The zero-order chi connectivity index (χ0) is 26.5. The average molecular weight is 506 g/mol. The lowest BCUT2D eigenvalue weighted by Gasteiger charge is -2.25. The van der Waals surface area contributed by atoms with Crippen molar-refractivity contribution in [2.75, 3.05) is 4.90 Å². The van der Waals surface area contributed by atoms with Crippen molar-refractivity contribution < 1.29 is 4.42 Å². The van der Waals surface area contributed by atoms with Crippen molar-refractivity contribution in [1.82, 2.24) is 4.57 Å². The van der Waals surface area contributed by atoms with Gasteiger partial charge in [0.25, 0.3) is 0 Å². The highest BCUT2D eigenvalue weighted by Gasteiger charge is 2.21. The molecule has 3 heterocycles. The third-order valence-corrected chi connectivity index (χ3v) is 7.50. The van der Waals surface area contributed by atoms with E-state index in [1.807, 2.05) is 43.5 Å². The van der Waals surface area contributed by atoms with Crippen LogP contribution in [-0.4, -0.2) is 4.57 Å². The monoisotopic (exact) mass is 505 g/mol. The van der Waals surface area contributed by atoms with Crippen LogP contribution in [0.1, 0.15) is 12.5 Å². The van der Waals surface area contributed by atoms with Gasteiger partial charge in [-0.15, -0.1) is 0 Å². The van der Waals surface area contributed by atoms with Crippen LogP contribution in [-0.2, 0) is 0 Å². The molecular weight excluding hydrogens is 478 g/mol. The highest BCUT2D eigenvalue weighted by molar-refractivity contribution is 6.13. The summed E-state index contributed by atoms with van der Waals surface area (Å²) < 4.78 is 8.91. The highest BCUT2D eigenvalue weighted by atomic mass is 16.3. The van der Waals surface area contributed by atoms with Crippen LogP contribution in [0.3, 0.4) is 0 Å². The Labute approximate surface area is 226 Å². The maximum Gasteiger partial charge on any atom is 0.145 e. The molecule has 4 aromatic carbocycles. The molecule has 1 aliphatic heterocycles. The number of anilines is 1. The Morgan fingerprint density at radius 1 is 0.846 bits per heavy atom. The van der Waals surface area contributed by atoms with E-state index in [0.717, 1.165) is 50.1 Å². The van der Waals surface area contributed by atoms with Gasteiger partial charge in [-0.2, -0.15) is 0 Å². The molecule has 4 nitrogen and oxygen atoms in total. The van der Waals surface area contributed by atoms with Crippen LogP contribution in [0.25, 0.3) is 55.0 Å². The largest absolute Gasteiger partial charge is 0.455 e. The first-order chi connectivity index (χ1) is 19.2. The molecule has 188 valence electrons. The van der Waals surface area contributed by atoms with E-state index in [1.54, 1.807) is 6.20 Å². The third-order valence-electron chi connectivity index (χ3n) is 7.50. The number of hydrogen-bond acceptors (Lipinski definition) is 3. The second kappa shape index (κ2) is 8.96. The molecule has 0 fully saturated rings. The molecule has 0 bridgehead atoms. The Hall–Kier alpha value is -5.22. The summed E-state index contributed by atoms with van der Waals surface area (Å²) in [4.78, 5) is 2.11. The molecule has 0 unspecified atom stereocenters. The first-order valence-electron chi connectivity index (χ1n) is 13.1. The number of nitrogens with zero attached hydrogens (tertiary/aromatic N) is 2. The zero-order valence-electron chi connectivity index (χ0n) is 21.6. The summed E-state index contributed by atoms with van der Waals surface area (Å²) in [5, 5.41) is 4.62. The summed E-state index contributed by atoms with van der Waals surface area (Å²) in [6.07, 6.45) is 13.5. The van der Waals surface area contributed by atoms with E-state index in [-0.39, 0.29) is 0 Å². The van der Waals surface area contributed by atoms with Crippen molar-refractivity contribution in [2.45, 2.75) is 6.92 Å². The first-order valence-corrected chi connectivity index (χ1v) is 13.1. The van der Waals surface area contributed by atoms with Crippen LogP contribution in [0, 0.1) is 0 Å². The van der Waals surface area contributed by atoms with Gasteiger partial charge in [0, 0.05) is 44.7 Å². The maximum atomic E-state index is 6.57. The summed E-state index contributed by atoms with van der Waals surface area (Å²) >= 11 is 0. The fourth-order valence-corrected chi connectivity index (χ4v) is 5.78. The lowest BCUT2D eigenvalue weighted by atomic mass is 9.98.